The number of ether oxygens (including phenoxy) is 1. The number of aromatic nitrogens is 4. The van der Waals surface area contributed by atoms with Crippen LogP contribution in [0.15, 0.2) is 49.4 Å². The molecule has 0 radical (unpaired) electrons. The first kappa shape index (κ1) is 33.1. The summed E-state index contributed by atoms with van der Waals surface area (Å²) in [6.07, 6.45) is 0.783. The normalized spacial score (nSPS) is 14.3. The van der Waals surface area contributed by atoms with Crippen molar-refractivity contribution in [3.63, 3.8) is 0 Å². The Morgan fingerprint density at radius 1 is 1.22 bits per heavy atom. The molecule has 0 aliphatic carbocycles. The number of benzene rings is 1. The third-order valence-electron chi connectivity index (χ3n) is 6.83. The summed E-state index contributed by atoms with van der Waals surface area (Å²) in [5, 5.41) is 8.32. The molecule has 1 aromatic carbocycles. The maximum Gasteiger partial charge on any atom is 0.421 e. The molecule has 14 nitrogen and oxygen atoms in total. The van der Waals surface area contributed by atoms with Crippen LogP contribution in [0, 0.1) is 0 Å². The van der Waals surface area contributed by atoms with Gasteiger partial charge in [0.2, 0.25) is 11.9 Å². The number of hydrogen-bond acceptors (Lipinski definition) is 10. The summed E-state index contributed by atoms with van der Waals surface area (Å²) in [5.41, 5.74) is -0.503. The van der Waals surface area contributed by atoms with E-state index in [-0.39, 0.29) is 58.9 Å². The summed E-state index contributed by atoms with van der Waals surface area (Å²) in [6, 6.07) is 4.35. The monoisotopic (exact) mass is 649 g/mol. The molecule has 3 aromatic rings. The maximum atomic E-state index is 13.8. The molecule has 0 saturated carbocycles. The molecule has 3 heterocycles. The summed E-state index contributed by atoms with van der Waals surface area (Å²) in [4.78, 5) is 42.2. The molecule has 1 saturated heterocycles. The number of piperidine rings is 1. The molecule has 0 spiro atoms. The molecule has 0 bridgehead atoms. The fraction of sp³-hybridized carbons (Fsp3) is 0.333. The van der Waals surface area contributed by atoms with E-state index >= 15 is 0 Å². The number of rotatable bonds is 11. The average Bonchev–Trinajstić information content (AvgIpc) is 3.03. The van der Waals surface area contributed by atoms with Crippen LogP contribution in [0.3, 0.4) is 0 Å². The zero-order chi connectivity index (χ0) is 32.7. The Hall–Kier alpha value is -4.84. The summed E-state index contributed by atoms with van der Waals surface area (Å²) in [7, 11) is 2.64. The van der Waals surface area contributed by atoms with Crippen LogP contribution in [0.1, 0.15) is 34.5 Å². The molecule has 1 atom stereocenters. The number of carbonyl (C=O) groups is 2. The molecule has 2 aromatic heterocycles. The third kappa shape index (κ3) is 8.21. The van der Waals surface area contributed by atoms with Crippen molar-refractivity contribution in [2.24, 2.45) is 0 Å². The highest BCUT2D eigenvalue weighted by Crippen LogP contribution is 2.35. The number of halogens is 3. The number of methoxy groups -OCH3 is 1. The number of alkyl halides is 3. The molecule has 45 heavy (non-hydrogen) atoms. The van der Waals surface area contributed by atoms with Crippen LogP contribution in [0.2, 0.25) is 0 Å². The van der Waals surface area contributed by atoms with Crippen molar-refractivity contribution in [1.82, 2.24) is 30.2 Å². The van der Waals surface area contributed by atoms with E-state index in [2.05, 4.69) is 42.5 Å². The molecule has 240 valence electrons. The van der Waals surface area contributed by atoms with Crippen molar-refractivity contribution < 1.29 is 36.3 Å². The molecule has 2 amide bonds. The lowest BCUT2D eigenvalue weighted by atomic mass is 10.0. The predicted octanol–water partition coefficient (Wildman–Crippen LogP) is 3.13. The Balaban J connectivity index is 1.50. The van der Waals surface area contributed by atoms with Crippen LogP contribution >= 0.6 is 0 Å². The van der Waals surface area contributed by atoms with Gasteiger partial charge in [-0.05, 0) is 37.1 Å². The quantitative estimate of drug-likeness (QED) is 0.177. The highest BCUT2D eigenvalue weighted by molar-refractivity contribution is 7.80. The molecule has 1 fully saturated rings. The molecular weight excluding hydrogens is 619 g/mol. The molecule has 4 N–H and O–H groups in total. The largest absolute Gasteiger partial charge is 0.495 e. The van der Waals surface area contributed by atoms with Crippen molar-refractivity contribution in [2.45, 2.75) is 31.6 Å². The summed E-state index contributed by atoms with van der Waals surface area (Å²) >= 11 is -2.44. The summed E-state index contributed by atoms with van der Waals surface area (Å²) in [6.45, 7) is 4.15. The Morgan fingerprint density at radius 2 is 1.93 bits per heavy atom. The minimum absolute atomic E-state index is 0.0195. The number of likely N-dealkylation sites (tertiary alicyclic amines) is 1. The van der Waals surface area contributed by atoms with Gasteiger partial charge in [-0.3, -0.25) is 23.4 Å². The van der Waals surface area contributed by atoms with Gasteiger partial charge in [-0.1, -0.05) is 6.58 Å². The van der Waals surface area contributed by atoms with Crippen LogP contribution in [-0.4, -0.2) is 78.7 Å². The lowest BCUT2D eigenvalue weighted by molar-refractivity contribution is -0.137. The highest BCUT2D eigenvalue weighted by Gasteiger charge is 2.35. The smallest absolute Gasteiger partial charge is 0.421 e. The molecule has 1 aliphatic heterocycles. The predicted molar refractivity (Wildman–Crippen MR) is 159 cm³/mol. The van der Waals surface area contributed by atoms with Crippen molar-refractivity contribution in [3.8, 4) is 5.75 Å². The Kier molecular flexibility index (Phi) is 10.5. The Morgan fingerprint density at radius 3 is 2.58 bits per heavy atom. The van der Waals surface area contributed by atoms with E-state index in [4.69, 9.17) is 4.74 Å². The van der Waals surface area contributed by atoms with Crippen molar-refractivity contribution in [1.29, 1.82) is 0 Å². The van der Waals surface area contributed by atoms with Gasteiger partial charge in [0, 0.05) is 50.3 Å². The van der Waals surface area contributed by atoms with E-state index in [1.807, 2.05) is 0 Å². The van der Waals surface area contributed by atoms with Crippen LogP contribution in [0.25, 0.3) is 0 Å². The topological polar surface area (TPSA) is 175 Å². The lowest BCUT2D eigenvalue weighted by Crippen LogP contribution is -2.46. The van der Waals surface area contributed by atoms with E-state index in [0.717, 1.165) is 4.31 Å². The van der Waals surface area contributed by atoms with Crippen LogP contribution in [0.4, 0.5) is 36.4 Å². The second kappa shape index (κ2) is 14.3. The summed E-state index contributed by atoms with van der Waals surface area (Å²) in [5.74, 6) is -1.12. The van der Waals surface area contributed by atoms with Gasteiger partial charge in [-0.15, -0.1) is 0 Å². The number of nitrogens with one attached hydrogen (secondary N) is 3. The molecular formula is C27H30F3N9O5S. The molecule has 1 aliphatic rings. The Bertz CT molecular complexity index is 1590. The van der Waals surface area contributed by atoms with E-state index in [9.17, 15) is 31.5 Å². The SMILES string of the molecule is C=CC(=O)N1CCC(NC(=O)c2ccc(Nc3ncc(C(F)(F)F)c(NCc4nccnc4N(C)S(=O)O)n3)c(OC)c2)CC1. The van der Waals surface area contributed by atoms with Gasteiger partial charge in [-0.25, -0.2) is 14.2 Å². The number of anilines is 4. The first-order valence-electron chi connectivity index (χ1n) is 13.4. The molecule has 4 rings (SSSR count). The summed E-state index contributed by atoms with van der Waals surface area (Å²) < 4.78 is 68.6. The van der Waals surface area contributed by atoms with Crippen LogP contribution in [-0.2, 0) is 28.8 Å². The fourth-order valence-electron chi connectivity index (χ4n) is 4.47. The lowest BCUT2D eigenvalue weighted by Gasteiger charge is -2.31. The number of carbonyl (C=O) groups excluding carboxylic acids is 2. The number of amides is 2. The van der Waals surface area contributed by atoms with E-state index in [1.54, 1.807) is 4.90 Å². The molecule has 1 unspecified atom stereocenters. The van der Waals surface area contributed by atoms with Gasteiger partial charge in [0.25, 0.3) is 17.2 Å². The maximum absolute atomic E-state index is 13.8. The first-order chi connectivity index (χ1) is 21.4. The van der Waals surface area contributed by atoms with E-state index < -0.39 is 28.8 Å². The zero-order valence-corrected chi connectivity index (χ0v) is 25.0. The molecule has 18 heteroatoms. The Labute approximate surface area is 258 Å². The average molecular weight is 650 g/mol. The van der Waals surface area contributed by atoms with E-state index in [1.165, 1.54) is 50.8 Å². The second-order valence-corrected chi connectivity index (χ2v) is 10.7. The van der Waals surface area contributed by atoms with Crippen molar-refractivity contribution >= 4 is 46.4 Å². The van der Waals surface area contributed by atoms with Crippen molar-refractivity contribution in [3.05, 3.63) is 66.3 Å². The van der Waals surface area contributed by atoms with Gasteiger partial charge in [0.1, 0.15) is 22.8 Å². The second-order valence-electron chi connectivity index (χ2n) is 9.68. The fourth-order valence-corrected chi connectivity index (χ4v) is 4.77. The van der Waals surface area contributed by atoms with Crippen LogP contribution in [0.5, 0.6) is 5.75 Å². The van der Waals surface area contributed by atoms with Gasteiger partial charge in [0.15, 0.2) is 5.82 Å². The minimum atomic E-state index is -4.81. The number of hydrogen-bond donors (Lipinski definition) is 4. The minimum Gasteiger partial charge on any atom is -0.495 e. The van der Waals surface area contributed by atoms with Gasteiger partial charge in [-0.2, -0.15) is 18.2 Å². The number of nitrogens with zero attached hydrogens (tertiary/aromatic N) is 6. The van der Waals surface area contributed by atoms with Gasteiger partial charge in [0.05, 0.1) is 19.3 Å². The van der Waals surface area contributed by atoms with E-state index in [0.29, 0.717) is 32.1 Å². The van der Waals surface area contributed by atoms with Crippen molar-refractivity contribution in [2.75, 3.05) is 42.2 Å². The van der Waals surface area contributed by atoms with Gasteiger partial charge < -0.3 is 25.6 Å². The highest BCUT2D eigenvalue weighted by atomic mass is 32.2. The van der Waals surface area contributed by atoms with Gasteiger partial charge >= 0.3 is 6.18 Å². The third-order valence-corrected chi connectivity index (χ3v) is 7.47. The first-order valence-corrected chi connectivity index (χ1v) is 14.5. The van der Waals surface area contributed by atoms with Crippen LogP contribution < -0.4 is 25.0 Å². The zero-order valence-electron chi connectivity index (χ0n) is 24.2. The standard InChI is InChI=1S/C27H30F3N9O5S/c1-4-22(40)39-11-7-17(8-12-39)35-25(41)16-5-6-19(21(13-16)44-3)36-26-34-14-18(27(28,29)30)23(37-26)33-15-20-24(32-10-9-31-20)38(2)45(42)43/h4-6,9-10,13-14,17H,1,7-8,11-12,15H2,2-3H3,(H,35,41)(H,42,43)(H2,33,34,36,37).